The van der Waals surface area contributed by atoms with Crippen LogP contribution in [0.3, 0.4) is 0 Å². The lowest BCUT2D eigenvalue weighted by Crippen LogP contribution is -3.13. The van der Waals surface area contributed by atoms with E-state index in [4.69, 9.17) is 9.47 Å². The van der Waals surface area contributed by atoms with E-state index >= 15 is 0 Å². The van der Waals surface area contributed by atoms with Gasteiger partial charge in [-0.05, 0) is 30.9 Å². The van der Waals surface area contributed by atoms with Gasteiger partial charge >= 0.3 is 0 Å². The van der Waals surface area contributed by atoms with E-state index in [2.05, 4.69) is 12.2 Å². The molecule has 0 saturated carbocycles. The number of likely N-dealkylation sites (tertiary alicyclic amines) is 1. The van der Waals surface area contributed by atoms with Crippen LogP contribution in [0.2, 0.25) is 0 Å². The first-order chi connectivity index (χ1) is 10.2. The summed E-state index contributed by atoms with van der Waals surface area (Å²) in [5.41, 5.74) is 0.770. The van der Waals surface area contributed by atoms with Crippen molar-refractivity contribution in [1.82, 2.24) is 0 Å². The molecule has 0 aliphatic carbocycles. The number of anilines is 1. The lowest BCUT2D eigenvalue weighted by molar-refractivity contribution is -0.905. The second-order valence-electron chi connectivity index (χ2n) is 6.05. The number of fused-ring (bicyclic) bond motifs is 1. The number of hydrogen-bond donors (Lipinski definition) is 2. The molecule has 0 spiro atoms. The maximum Gasteiger partial charge on any atom is 0.231 e. The van der Waals surface area contributed by atoms with Gasteiger partial charge in [-0.1, -0.05) is 6.92 Å². The van der Waals surface area contributed by atoms with E-state index in [1.54, 1.807) is 4.90 Å². The third-order valence-corrected chi connectivity index (χ3v) is 4.34. The average molecular weight is 291 g/mol. The Morgan fingerprint density at radius 2 is 2.05 bits per heavy atom. The second kappa shape index (κ2) is 6.35. The van der Waals surface area contributed by atoms with Gasteiger partial charge in [-0.2, -0.15) is 0 Å². The standard InChI is InChI=1S/C16H22N2O3/c1-12-4-7-18(8-5-12)9-6-16(19)17-13-2-3-14-15(10-13)21-11-20-14/h2-3,10,12H,4-9,11H2,1H3,(H,17,19)/p+1. The van der Waals surface area contributed by atoms with Gasteiger partial charge in [0.15, 0.2) is 11.5 Å². The van der Waals surface area contributed by atoms with Crippen LogP contribution in [-0.2, 0) is 4.79 Å². The largest absolute Gasteiger partial charge is 0.454 e. The molecule has 1 amide bonds. The van der Waals surface area contributed by atoms with E-state index in [0.29, 0.717) is 12.2 Å². The summed E-state index contributed by atoms with van der Waals surface area (Å²) in [5.74, 6) is 2.35. The number of hydrogen-bond acceptors (Lipinski definition) is 3. The molecule has 0 bridgehead atoms. The number of carbonyl (C=O) groups is 1. The SMILES string of the molecule is CC1CC[NH+](CCC(=O)Nc2ccc3c(c2)OCO3)CC1. The van der Waals surface area contributed by atoms with E-state index in [0.717, 1.165) is 23.9 Å². The maximum atomic E-state index is 12.0. The fourth-order valence-corrected chi connectivity index (χ4v) is 2.91. The normalized spacial score (nSPS) is 23.9. The summed E-state index contributed by atoms with van der Waals surface area (Å²) < 4.78 is 10.6. The summed E-state index contributed by atoms with van der Waals surface area (Å²) in [7, 11) is 0. The first-order valence-electron chi connectivity index (χ1n) is 7.74. The van der Waals surface area contributed by atoms with Crippen molar-refractivity contribution in [3.05, 3.63) is 18.2 Å². The van der Waals surface area contributed by atoms with E-state index in [1.807, 2.05) is 18.2 Å². The Kier molecular flexibility index (Phi) is 4.29. The molecule has 2 aliphatic rings. The van der Waals surface area contributed by atoms with Crippen molar-refractivity contribution in [2.24, 2.45) is 5.92 Å². The lowest BCUT2D eigenvalue weighted by atomic mass is 9.99. The Morgan fingerprint density at radius 3 is 2.86 bits per heavy atom. The molecule has 1 aromatic rings. The van der Waals surface area contributed by atoms with Crippen LogP contribution in [0.5, 0.6) is 11.5 Å². The molecule has 1 fully saturated rings. The number of carbonyl (C=O) groups excluding carboxylic acids is 1. The van der Waals surface area contributed by atoms with Gasteiger partial charge in [-0.15, -0.1) is 0 Å². The Labute approximate surface area is 125 Å². The summed E-state index contributed by atoms with van der Waals surface area (Å²) in [6.45, 7) is 5.87. The summed E-state index contributed by atoms with van der Waals surface area (Å²) in [6.07, 6.45) is 3.12. The van der Waals surface area contributed by atoms with Crippen LogP contribution in [0.25, 0.3) is 0 Å². The summed E-state index contributed by atoms with van der Waals surface area (Å²) in [6, 6.07) is 5.49. The molecule has 0 radical (unpaired) electrons. The Balaban J connectivity index is 1.46. The molecule has 0 unspecified atom stereocenters. The van der Waals surface area contributed by atoms with Crippen LogP contribution < -0.4 is 19.7 Å². The minimum Gasteiger partial charge on any atom is -0.454 e. The Morgan fingerprint density at radius 1 is 1.29 bits per heavy atom. The number of rotatable bonds is 4. The van der Waals surface area contributed by atoms with Gasteiger partial charge in [0.2, 0.25) is 12.7 Å². The number of benzene rings is 1. The molecule has 2 heterocycles. The average Bonchev–Trinajstić information content (AvgIpc) is 2.94. The molecule has 2 N–H and O–H groups in total. The highest BCUT2D eigenvalue weighted by Crippen LogP contribution is 2.34. The zero-order valence-corrected chi connectivity index (χ0v) is 12.5. The maximum absolute atomic E-state index is 12.0. The fraction of sp³-hybridized carbons (Fsp3) is 0.562. The monoisotopic (exact) mass is 291 g/mol. The predicted octanol–water partition coefficient (Wildman–Crippen LogP) is 1.06. The third kappa shape index (κ3) is 3.67. The fourth-order valence-electron chi connectivity index (χ4n) is 2.91. The molecule has 1 aromatic carbocycles. The number of nitrogens with one attached hydrogen (secondary N) is 2. The highest BCUT2D eigenvalue weighted by molar-refractivity contribution is 5.91. The smallest absolute Gasteiger partial charge is 0.231 e. The minimum atomic E-state index is 0.0694. The van der Waals surface area contributed by atoms with E-state index in [1.165, 1.54) is 25.9 Å². The molecular weight excluding hydrogens is 268 g/mol. The van der Waals surface area contributed by atoms with Crippen molar-refractivity contribution < 1.29 is 19.2 Å². The topological polar surface area (TPSA) is 52.0 Å². The number of ether oxygens (including phenoxy) is 2. The lowest BCUT2D eigenvalue weighted by Gasteiger charge is -2.27. The predicted molar refractivity (Wildman–Crippen MR) is 79.8 cm³/mol. The minimum absolute atomic E-state index is 0.0694. The zero-order chi connectivity index (χ0) is 14.7. The molecular formula is C16H23N2O3+. The van der Waals surface area contributed by atoms with Crippen molar-refractivity contribution in [2.75, 3.05) is 31.7 Å². The summed E-state index contributed by atoms with van der Waals surface area (Å²) in [5, 5.41) is 2.93. The van der Waals surface area contributed by atoms with Crippen molar-refractivity contribution >= 4 is 11.6 Å². The molecule has 0 atom stereocenters. The number of quaternary nitrogens is 1. The van der Waals surface area contributed by atoms with Gasteiger partial charge in [-0.25, -0.2) is 0 Å². The van der Waals surface area contributed by atoms with E-state index in [9.17, 15) is 4.79 Å². The first kappa shape index (κ1) is 14.2. The van der Waals surface area contributed by atoms with Gasteiger partial charge in [0, 0.05) is 11.8 Å². The van der Waals surface area contributed by atoms with Gasteiger partial charge < -0.3 is 19.7 Å². The molecule has 2 aliphatic heterocycles. The molecule has 5 nitrogen and oxygen atoms in total. The van der Waals surface area contributed by atoms with Crippen LogP contribution >= 0.6 is 0 Å². The van der Waals surface area contributed by atoms with Gasteiger partial charge in [0.1, 0.15) is 0 Å². The van der Waals surface area contributed by atoms with Gasteiger partial charge in [0.25, 0.3) is 0 Å². The van der Waals surface area contributed by atoms with Crippen LogP contribution in [-0.4, -0.2) is 32.3 Å². The van der Waals surface area contributed by atoms with Crippen molar-refractivity contribution in [2.45, 2.75) is 26.2 Å². The molecule has 21 heavy (non-hydrogen) atoms. The Bertz CT molecular complexity index is 510. The number of amides is 1. The van der Waals surface area contributed by atoms with Crippen LogP contribution in [0.1, 0.15) is 26.2 Å². The molecule has 0 aromatic heterocycles. The summed E-state index contributed by atoms with van der Waals surface area (Å²) in [4.78, 5) is 13.6. The molecule has 114 valence electrons. The van der Waals surface area contributed by atoms with Crippen LogP contribution in [0, 0.1) is 5.92 Å². The molecule has 3 rings (SSSR count). The second-order valence-corrected chi connectivity index (χ2v) is 6.05. The highest BCUT2D eigenvalue weighted by Gasteiger charge is 2.20. The molecule has 5 heteroatoms. The van der Waals surface area contributed by atoms with E-state index in [-0.39, 0.29) is 12.7 Å². The van der Waals surface area contributed by atoms with Crippen molar-refractivity contribution in [1.29, 1.82) is 0 Å². The van der Waals surface area contributed by atoms with Crippen LogP contribution in [0.15, 0.2) is 18.2 Å². The first-order valence-corrected chi connectivity index (χ1v) is 7.74. The molecule has 1 saturated heterocycles. The Hall–Kier alpha value is -1.75. The van der Waals surface area contributed by atoms with Gasteiger partial charge in [-0.3, -0.25) is 4.79 Å². The highest BCUT2D eigenvalue weighted by atomic mass is 16.7. The van der Waals surface area contributed by atoms with Gasteiger partial charge in [0.05, 0.1) is 26.1 Å². The summed E-state index contributed by atoms with van der Waals surface area (Å²) >= 11 is 0. The quantitative estimate of drug-likeness (QED) is 0.872. The van der Waals surface area contributed by atoms with E-state index < -0.39 is 0 Å². The zero-order valence-electron chi connectivity index (χ0n) is 12.5. The van der Waals surface area contributed by atoms with Crippen LogP contribution in [0.4, 0.5) is 5.69 Å². The third-order valence-electron chi connectivity index (χ3n) is 4.34. The van der Waals surface area contributed by atoms with Crippen molar-refractivity contribution in [3.8, 4) is 11.5 Å². The number of piperidine rings is 1. The van der Waals surface area contributed by atoms with Crippen molar-refractivity contribution in [3.63, 3.8) is 0 Å².